The SMILES string of the molecule is Cc1cc(Cl)ccc1NCC(O)C(F)(F)F. The standard InChI is InChI=1S/C10H11ClF3NO/c1-6-4-7(11)2-3-8(6)15-5-9(16)10(12,13)14/h2-4,9,15-16H,5H2,1H3. The predicted molar refractivity (Wildman–Crippen MR) is 56.7 cm³/mol. The van der Waals surface area contributed by atoms with Gasteiger partial charge >= 0.3 is 6.18 Å². The van der Waals surface area contributed by atoms with E-state index >= 15 is 0 Å². The molecule has 1 atom stereocenters. The molecule has 1 aromatic rings. The number of halogens is 4. The lowest BCUT2D eigenvalue weighted by molar-refractivity contribution is -0.198. The highest BCUT2D eigenvalue weighted by Crippen LogP contribution is 2.22. The zero-order valence-corrected chi connectivity index (χ0v) is 9.23. The number of aliphatic hydroxyl groups is 1. The Morgan fingerprint density at radius 1 is 1.44 bits per heavy atom. The largest absolute Gasteiger partial charge is 0.416 e. The zero-order valence-electron chi connectivity index (χ0n) is 8.48. The van der Waals surface area contributed by atoms with Crippen molar-refractivity contribution in [2.75, 3.05) is 11.9 Å². The molecule has 0 aliphatic carbocycles. The maximum absolute atomic E-state index is 12.0. The van der Waals surface area contributed by atoms with Gasteiger partial charge in [0.1, 0.15) is 0 Å². The summed E-state index contributed by atoms with van der Waals surface area (Å²) in [6.45, 7) is 1.14. The van der Waals surface area contributed by atoms with Crippen LogP contribution in [0.1, 0.15) is 5.56 Å². The summed E-state index contributed by atoms with van der Waals surface area (Å²) in [4.78, 5) is 0. The van der Waals surface area contributed by atoms with Gasteiger partial charge in [-0.2, -0.15) is 13.2 Å². The van der Waals surface area contributed by atoms with E-state index in [2.05, 4.69) is 5.32 Å². The van der Waals surface area contributed by atoms with Crippen molar-refractivity contribution in [3.8, 4) is 0 Å². The second-order valence-corrected chi connectivity index (χ2v) is 3.83. The summed E-state index contributed by atoms with van der Waals surface area (Å²) in [5, 5.41) is 11.8. The van der Waals surface area contributed by atoms with Gasteiger partial charge in [0.15, 0.2) is 6.10 Å². The van der Waals surface area contributed by atoms with E-state index in [-0.39, 0.29) is 0 Å². The number of nitrogens with one attached hydrogen (secondary N) is 1. The fourth-order valence-electron chi connectivity index (χ4n) is 1.15. The average Bonchev–Trinajstić information content (AvgIpc) is 2.14. The van der Waals surface area contributed by atoms with Crippen molar-refractivity contribution in [1.82, 2.24) is 0 Å². The first kappa shape index (κ1) is 13.1. The van der Waals surface area contributed by atoms with Crippen molar-refractivity contribution in [3.05, 3.63) is 28.8 Å². The van der Waals surface area contributed by atoms with Crippen LogP contribution in [0.2, 0.25) is 5.02 Å². The van der Waals surface area contributed by atoms with E-state index in [1.807, 2.05) is 0 Å². The quantitative estimate of drug-likeness (QED) is 0.868. The Morgan fingerprint density at radius 2 is 2.06 bits per heavy atom. The minimum absolute atomic E-state index is 0.513. The molecule has 1 aromatic carbocycles. The first-order chi connectivity index (χ1) is 7.30. The molecule has 0 aromatic heterocycles. The maximum atomic E-state index is 12.0. The van der Waals surface area contributed by atoms with Crippen LogP contribution >= 0.6 is 11.6 Å². The molecule has 0 fully saturated rings. The summed E-state index contributed by atoms with van der Waals surface area (Å²) in [7, 11) is 0. The van der Waals surface area contributed by atoms with Crippen LogP contribution in [0.5, 0.6) is 0 Å². The zero-order chi connectivity index (χ0) is 12.3. The summed E-state index contributed by atoms with van der Waals surface area (Å²) in [5.74, 6) is 0. The monoisotopic (exact) mass is 253 g/mol. The van der Waals surface area contributed by atoms with Gasteiger partial charge in [-0.3, -0.25) is 0 Å². The summed E-state index contributed by atoms with van der Waals surface area (Å²) >= 11 is 5.70. The lowest BCUT2D eigenvalue weighted by atomic mass is 10.2. The Kier molecular flexibility index (Phi) is 4.04. The van der Waals surface area contributed by atoms with E-state index < -0.39 is 18.8 Å². The van der Waals surface area contributed by atoms with Gasteiger partial charge in [-0.15, -0.1) is 0 Å². The first-order valence-corrected chi connectivity index (χ1v) is 4.93. The number of benzene rings is 1. The van der Waals surface area contributed by atoms with Crippen molar-refractivity contribution in [3.63, 3.8) is 0 Å². The van der Waals surface area contributed by atoms with Crippen LogP contribution < -0.4 is 5.32 Å². The number of alkyl halides is 3. The van der Waals surface area contributed by atoms with E-state index in [0.29, 0.717) is 10.7 Å². The summed E-state index contributed by atoms with van der Waals surface area (Å²) < 4.78 is 36.0. The lowest BCUT2D eigenvalue weighted by Crippen LogP contribution is -2.35. The van der Waals surface area contributed by atoms with Crippen molar-refractivity contribution in [2.24, 2.45) is 0 Å². The number of hydrogen-bond donors (Lipinski definition) is 2. The van der Waals surface area contributed by atoms with Gasteiger partial charge in [0.05, 0.1) is 0 Å². The number of anilines is 1. The molecule has 0 amide bonds. The first-order valence-electron chi connectivity index (χ1n) is 4.55. The average molecular weight is 254 g/mol. The van der Waals surface area contributed by atoms with Gasteiger partial charge in [-0.1, -0.05) is 11.6 Å². The summed E-state index contributed by atoms with van der Waals surface area (Å²) in [5.41, 5.74) is 1.24. The van der Waals surface area contributed by atoms with Crippen LogP contribution in [0.3, 0.4) is 0 Å². The van der Waals surface area contributed by atoms with Gasteiger partial charge < -0.3 is 10.4 Å². The fourth-order valence-corrected chi connectivity index (χ4v) is 1.37. The van der Waals surface area contributed by atoms with Gasteiger partial charge in [0, 0.05) is 17.3 Å². The Balaban J connectivity index is 2.62. The predicted octanol–water partition coefficient (Wildman–Crippen LogP) is 2.98. The van der Waals surface area contributed by atoms with Crippen LogP contribution in [-0.4, -0.2) is 23.9 Å². The van der Waals surface area contributed by atoms with Crippen LogP contribution in [0.4, 0.5) is 18.9 Å². The van der Waals surface area contributed by atoms with Crippen LogP contribution in [0, 0.1) is 6.92 Å². The summed E-state index contributed by atoms with van der Waals surface area (Å²) in [6, 6.07) is 4.77. The third-order valence-electron chi connectivity index (χ3n) is 2.05. The highest BCUT2D eigenvalue weighted by molar-refractivity contribution is 6.30. The second-order valence-electron chi connectivity index (χ2n) is 3.40. The molecule has 0 spiro atoms. The van der Waals surface area contributed by atoms with E-state index in [9.17, 15) is 13.2 Å². The van der Waals surface area contributed by atoms with E-state index in [0.717, 1.165) is 5.56 Å². The van der Waals surface area contributed by atoms with Crippen molar-refractivity contribution in [1.29, 1.82) is 0 Å². The fraction of sp³-hybridized carbons (Fsp3) is 0.400. The molecular weight excluding hydrogens is 243 g/mol. The van der Waals surface area contributed by atoms with Gasteiger partial charge in [-0.05, 0) is 30.7 Å². The highest BCUT2D eigenvalue weighted by atomic mass is 35.5. The molecule has 0 aliphatic rings. The Hall–Kier alpha value is -0.940. The maximum Gasteiger partial charge on any atom is 0.416 e. The van der Waals surface area contributed by atoms with Crippen molar-refractivity contribution >= 4 is 17.3 Å². The smallest absolute Gasteiger partial charge is 0.382 e. The minimum Gasteiger partial charge on any atom is -0.382 e. The summed E-state index contributed by atoms with van der Waals surface area (Å²) in [6.07, 6.45) is -6.98. The normalized spacial score (nSPS) is 13.6. The topological polar surface area (TPSA) is 32.3 Å². The van der Waals surface area contributed by atoms with Crippen LogP contribution in [0.25, 0.3) is 0 Å². The number of aliphatic hydroxyl groups excluding tert-OH is 1. The van der Waals surface area contributed by atoms with E-state index in [1.54, 1.807) is 25.1 Å². The van der Waals surface area contributed by atoms with Crippen LogP contribution in [0.15, 0.2) is 18.2 Å². The van der Waals surface area contributed by atoms with Crippen LogP contribution in [-0.2, 0) is 0 Å². The minimum atomic E-state index is -4.60. The highest BCUT2D eigenvalue weighted by Gasteiger charge is 2.37. The molecular formula is C10H11ClF3NO. The molecule has 6 heteroatoms. The molecule has 16 heavy (non-hydrogen) atoms. The van der Waals surface area contributed by atoms with Gasteiger partial charge in [-0.25, -0.2) is 0 Å². The molecule has 2 N–H and O–H groups in total. The molecule has 90 valence electrons. The molecule has 0 radical (unpaired) electrons. The molecule has 1 rings (SSSR count). The molecule has 0 aliphatic heterocycles. The molecule has 0 saturated heterocycles. The molecule has 0 bridgehead atoms. The van der Waals surface area contributed by atoms with Gasteiger partial charge in [0.2, 0.25) is 0 Å². The van der Waals surface area contributed by atoms with Crippen molar-refractivity contribution < 1.29 is 18.3 Å². The molecule has 2 nitrogen and oxygen atoms in total. The van der Waals surface area contributed by atoms with E-state index in [1.165, 1.54) is 0 Å². The number of aryl methyl sites for hydroxylation is 1. The van der Waals surface area contributed by atoms with Crippen molar-refractivity contribution in [2.45, 2.75) is 19.2 Å². The number of rotatable bonds is 3. The second kappa shape index (κ2) is 4.93. The van der Waals surface area contributed by atoms with E-state index in [4.69, 9.17) is 16.7 Å². The Morgan fingerprint density at radius 3 is 2.56 bits per heavy atom. The lowest BCUT2D eigenvalue weighted by Gasteiger charge is -2.16. The third kappa shape index (κ3) is 3.57. The molecule has 1 unspecified atom stereocenters. The number of hydrogen-bond acceptors (Lipinski definition) is 2. The third-order valence-corrected chi connectivity index (χ3v) is 2.29. The van der Waals surface area contributed by atoms with Gasteiger partial charge in [0.25, 0.3) is 0 Å². The Labute approximate surface area is 96.0 Å². The Bertz CT molecular complexity index is 368. The molecule has 0 heterocycles. The molecule has 0 saturated carbocycles.